The first kappa shape index (κ1) is 7.60. The molecule has 0 bridgehead atoms. The number of nitrogens with zero attached hydrogens (tertiary/aromatic N) is 2. The number of hydrogen-bond acceptors (Lipinski definition) is 2. The van der Waals surface area contributed by atoms with E-state index in [1.54, 1.807) is 0 Å². The molecule has 0 unspecified atom stereocenters. The van der Waals surface area contributed by atoms with Crippen LogP contribution >= 0.6 is 11.6 Å². The second kappa shape index (κ2) is 3.05. The van der Waals surface area contributed by atoms with Crippen LogP contribution in [0.3, 0.4) is 0 Å². The number of rotatable bonds is 0. The maximum absolute atomic E-state index is 8.43. The minimum Gasteiger partial charge on any atom is -0.245 e. The molecule has 0 aliphatic heterocycles. The monoisotopic (exact) mass is 162 g/mol. The highest BCUT2D eigenvalue weighted by molar-refractivity contribution is 6.31. The predicted octanol–water partition coefficient (Wildman–Crippen LogP) is 1.59. The molecule has 0 N–H and O–H groups in total. The van der Waals surface area contributed by atoms with Gasteiger partial charge in [0.05, 0.1) is 10.6 Å². The zero-order chi connectivity index (χ0) is 8.27. The maximum atomic E-state index is 8.43. The lowest BCUT2D eigenvalue weighted by Crippen LogP contribution is -1.85. The summed E-state index contributed by atoms with van der Waals surface area (Å²) < 4.78 is 0. The van der Waals surface area contributed by atoms with Crippen LogP contribution in [-0.2, 0) is 0 Å². The van der Waals surface area contributed by atoms with Crippen LogP contribution in [0.25, 0.3) is 0 Å². The molecule has 0 saturated carbocycles. The molecule has 11 heavy (non-hydrogen) atoms. The lowest BCUT2D eigenvalue weighted by Gasteiger charge is -1.93. The van der Waals surface area contributed by atoms with Gasteiger partial charge in [0.1, 0.15) is 11.8 Å². The van der Waals surface area contributed by atoms with Crippen molar-refractivity contribution >= 4 is 11.6 Å². The van der Waals surface area contributed by atoms with Crippen LogP contribution in [0.2, 0.25) is 5.02 Å². The van der Waals surface area contributed by atoms with Gasteiger partial charge in [-0.25, -0.2) is 4.98 Å². The third kappa shape index (κ3) is 1.49. The Morgan fingerprint density at radius 3 is 2.82 bits per heavy atom. The van der Waals surface area contributed by atoms with E-state index < -0.39 is 0 Å². The van der Waals surface area contributed by atoms with Crippen molar-refractivity contribution in [2.75, 3.05) is 0 Å². The molecule has 0 aliphatic rings. The van der Waals surface area contributed by atoms with Gasteiger partial charge in [0.25, 0.3) is 0 Å². The Labute approximate surface area is 69.4 Å². The molecule has 3 heteroatoms. The van der Waals surface area contributed by atoms with Crippen molar-refractivity contribution in [2.24, 2.45) is 0 Å². The van der Waals surface area contributed by atoms with Crippen molar-refractivity contribution in [3.05, 3.63) is 28.5 Å². The van der Waals surface area contributed by atoms with Crippen molar-refractivity contribution in [1.82, 2.24) is 4.98 Å². The third-order valence-electron chi connectivity index (χ3n) is 1.11. The molecule has 1 aromatic rings. The van der Waals surface area contributed by atoms with E-state index in [1.165, 1.54) is 12.3 Å². The smallest absolute Gasteiger partial charge is 0.131 e. The molecule has 0 saturated heterocycles. The molecule has 1 rings (SSSR count). The first-order chi connectivity index (χ1) is 5.27. The second-order valence-electron chi connectivity index (χ2n) is 1.81. The quantitative estimate of drug-likeness (QED) is 0.544. The van der Waals surface area contributed by atoms with Crippen molar-refractivity contribution in [3.8, 4) is 18.4 Å². The van der Waals surface area contributed by atoms with Gasteiger partial charge in [0.15, 0.2) is 0 Å². The normalized spacial score (nSPS) is 8.27. The standard InChI is InChI=1S/C8H3ClN2/c1-2-8-7(9)3-6(4-10)5-11-8/h1,3,5H. The molecule has 0 fully saturated rings. The number of pyridine rings is 1. The van der Waals surface area contributed by atoms with Crippen LogP contribution in [0, 0.1) is 23.7 Å². The van der Waals surface area contributed by atoms with Gasteiger partial charge in [-0.2, -0.15) is 5.26 Å². The second-order valence-corrected chi connectivity index (χ2v) is 2.22. The first-order valence-electron chi connectivity index (χ1n) is 2.80. The lowest BCUT2D eigenvalue weighted by molar-refractivity contribution is 1.27. The summed E-state index contributed by atoms with van der Waals surface area (Å²) in [5.74, 6) is 2.29. The Morgan fingerprint density at radius 2 is 2.36 bits per heavy atom. The highest BCUT2D eigenvalue weighted by Crippen LogP contribution is 2.12. The number of aromatic nitrogens is 1. The summed E-state index contributed by atoms with van der Waals surface area (Å²) in [6.45, 7) is 0. The van der Waals surface area contributed by atoms with Crippen LogP contribution < -0.4 is 0 Å². The highest BCUT2D eigenvalue weighted by Gasteiger charge is 1.98. The van der Waals surface area contributed by atoms with E-state index in [-0.39, 0.29) is 0 Å². The first-order valence-corrected chi connectivity index (χ1v) is 3.18. The van der Waals surface area contributed by atoms with Crippen molar-refractivity contribution in [3.63, 3.8) is 0 Å². The molecule has 1 heterocycles. The summed E-state index contributed by atoms with van der Waals surface area (Å²) >= 11 is 5.65. The van der Waals surface area contributed by atoms with Gasteiger partial charge in [-0.1, -0.05) is 11.6 Å². The zero-order valence-electron chi connectivity index (χ0n) is 5.50. The van der Waals surface area contributed by atoms with E-state index in [9.17, 15) is 0 Å². The largest absolute Gasteiger partial charge is 0.245 e. The molecule has 0 atom stereocenters. The van der Waals surface area contributed by atoms with Crippen LogP contribution in [0.1, 0.15) is 11.3 Å². The Kier molecular flexibility index (Phi) is 2.11. The molecule has 0 spiro atoms. The van der Waals surface area contributed by atoms with Gasteiger partial charge in [-0.15, -0.1) is 6.42 Å². The molecule has 0 radical (unpaired) electrons. The SMILES string of the molecule is C#Cc1ncc(C#N)cc1Cl. The molecule has 52 valence electrons. The minimum atomic E-state index is 0.339. The predicted molar refractivity (Wildman–Crippen MR) is 41.9 cm³/mol. The third-order valence-corrected chi connectivity index (χ3v) is 1.40. The van der Waals surface area contributed by atoms with Gasteiger partial charge < -0.3 is 0 Å². The molecule has 0 aromatic carbocycles. The van der Waals surface area contributed by atoms with Gasteiger partial charge in [-0.3, -0.25) is 0 Å². The Balaban J connectivity index is 3.25. The van der Waals surface area contributed by atoms with E-state index in [0.717, 1.165) is 0 Å². The summed E-state index contributed by atoms with van der Waals surface area (Å²) in [6.07, 6.45) is 6.45. The van der Waals surface area contributed by atoms with Crippen molar-refractivity contribution in [1.29, 1.82) is 5.26 Å². The minimum absolute atomic E-state index is 0.339. The number of hydrogen-bond donors (Lipinski definition) is 0. The van der Waals surface area contributed by atoms with Gasteiger partial charge in [0, 0.05) is 6.20 Å². The molecule has 1 aromatic heterocycles. The molecule has 2 nitrogen and oxygen atoms in total. The van der Waals surface area contributed by atoms with E-state index >= 15 is 0 Å². The summed E-state index contributed by atoms with van der Waals surface area (Å²) in [6, 6.07) is 3.39. The Bertz CT molecular complexity index is 357. The van der Waals surface area contributed by atoms with E-state index in [1.807, 2.05) is 6.07 Å². The van der Waals surface area contributed by atoms with Gasteiger partial charge >= 0.3 is 0 Å². The van der Waals surface area contributed by atoms with E-state index in [2.05, 4.69) is 10.9 Å². The molecular formula is C8H3ClN2. The molecular weight excluding hydrogens is 160 g/mol. The Hall–Kier alpha value is -1.51. The Morgan fingerprint density at radius 1 is 1.64 bits per heavy atom. The molecule has 0 aliphatic carbocycles. The summed E-state index contributed by atoms with van der Waals surface area (Å²) in [7, 11) is 0. The van der Waals surface area contributed by atoms with Crippen LogP contribution in [0.4, 0.5) is 0 Å². The fourth-order valence-corrected chi connectivity index (χ4v) is 0.826. The number of terminal acetylenes is 1. The van der Waals surface area contributed by atoms with Crippen molar-refractivity contribution < 1.29 is 0 Å². The van der Waals surface area contributed by atoms with Crippen molar-refractivity contribution in [2.45, 2.75) is 0 Å². The average molecular weight is 163 g/mol. The topological polar surface area (TPSA) is 36.7 Å². The van der Waals surface area contributed by atoms with Crippen LogP contribution in [-0.4, -0.2) is 4.98 Å². The summed E-state index contributed by atoms with van der Waals surface area (Å²) in [5.41, 5.74) is 0.777. The van der Waals surface area contributed by atoms with Crippen LogP contribution in [0.5, 0.6) is 0 Å². The van der Waals surface area contributed by atoms with Gasteiger partial charge in [0.2, 0.25) is 0 Å². The highest BCUT2D eigenvalue weighted by atomic mass is 35.5. The number of nitriles is 1. The van der Waals surface area contributed by atoms with Crippen LogP contribution in [0.15, 0.2) is 12.3 Å². The summed E-state index contributed by atoms with van der Waals surface area (Å²) in [4.78, 5) is 3.78. The average Bonchev–Trinajstić information content (AvgIpc) is 2.04. The maximum Gasteiger partial charge on any atom is 0.131 e. The molecule has 0 amide bonds. The fraction of sp³-hybridized carbons (Fsp3) is 0. The van der Waals surface area contributed by atoms with E-state index in [0.29, 0.717) is 16.3 Å². The van der Waals surface area contributed by atoms with Gasteiger partial charge in [-0.05, 0) is 12.0 Å². The fourth-order valence-electron chi connectivity index (χ4n) is 0.605. The van der Waals surface area contributed by atoms with E-state index in [4.69, 9.17) is 23.3 Å². The zero-order valence-corrected chi connectivity index (χ0v) is 6.26. The lowest BCUT2D eigenvalue weighted by atomic mass is 10.3. The summed E-state index contributed by atoms with van der Waals surface area (Å²) in [5, 5.41) is 8.76. The number of halogens is 1.